The predicted octanol–water partition coefficient (Wildman–Crippen LogP) is -1.72. The zero-order valence-corrected chi connectivity index (χ0v) is 15.4. The standard InChI is InChI=1S/C16H19N3O5S.2H2O/c1-24-9-7-25-15-11(14(21)19(15)12(9)16(22)23)18-13(20)10(17)8-5-3-2-4-6-8;;/h2-3,6,10-11,15H,4-5,7,17H2,1H3,(H,18,20)(H,22,23);2*1H2/t10-,11-,15-;;/m1../s1. The summed E-state index contributed by atoms with van der Waals surface area (Å²) in [6, 6.07) is -1.60. The lowest BCUT2D eigenvalue weighted by atomic mass is 9.97. The molecule has 27 heavy (non-hydrogen) atoms. The average Bonchev–Trinajstić information content (AvgIpc) is 2.64. The fraction of sp³-hybridized carbons (Fsp3) is 0.438. The fourth-order valence-corrected chi connectivity index (χ4v) is 4.34. The summed E-state index contributed by atoms with van der Waals surface area (Å²) in [6.07, 6.45) is 7.20. The minimum absolute atomic E-state index is 0. The molecule has 0 spiro atoms. The van der Waals surface area contributed by atoms with Crippen LogP contribution in [0.3, 0.4) is 0 Å². The number of methoxy groups -OCH3 is 1. The number of hydrogen-bond donors (Lipinski definition) is 3. The van der Waals surface area contributed by atoms with E-state index in [4.69, 9.17) is 10.5 Å². The number of rotatable bonds is 5. The van der Waals surface area contributed by atoms with Gasteiger partial charge in [-0.1, -0.05) is 18.2 Å². The van der Waals surface area contributed by atoms with Crippen molar-refractivity contribution in [1.82, 2.24) is 10.2 Å². The Morgan fingerprint density at radius 3 is 2.67 bits per heavy atom. The van der Waals surface area contributed by atoms with Gasteiger partial charge in [0.05, 0.1) is 12.9 Å². The molecule has 1 aliphatic carbocycles. The number of thioether (sulfide) groups is 1. The quantitative estimate of drug-likeness (QED) is 0.361. The van der Waals surface area contributed by atoms with Crippen molar-refractivity contribution in [3.63, 3.8) is 0 Å². The average molecular weight is 401 g/mol. The highest BCUT2D eigenvalue weighted by Crippen LogP contribution is 2.40. The molecule has 0 unspecified atom stereocenters. The van der Waals surface area contributed by atoms with E-state index in [9.17, 15) is 19.5 Å². The van der Waals surface area contributed by atoms with Gasteiger partial charge in [0.15, 0.2) is 5.70 Å². The molecule has 3 atom stereocenters. The van der Waals surface area contributed by atoms with Gasteiger partial charge in [0.25, 0.3) is 5.91 Å². The fourth-order valence-electron chi connectivity index (χ4n) is 3.03. The van der Waals surface area contributed by atoms with Crippen molar-refractivity contribution in [2.45, 2.75) is 30.3 Å². The molecule has 2 amide bonds. The van der Waals surface area contributed by atoms with Crippen molar-refractivity contribution in [3.8, 4) is 0 Å². The molecule has 1 fully saturated rings. The van der Waals surface area contributed by atoms with Gasteiger partial charge in [-0.05, 0) is 18.4 Å². The van der Waals surface area contributed by atoms with E-state index in [1.807, 2.05) is 18.2 Å². The van der Waals surface area contributed by atoms with Crippen LogP contribution in [0.1, 0.15) is 12.8 Å². The largest absolute Gasteiger partial charge is 0.498 e. The summed E-state index contributed by atoms with van der Waals surface area (Å²) in [4.78, 5) is 37.4. The number of carbonyl (C=O) groups excluding carboxylic acids is 2. The highest BCUT2D eigenvalue weighted by Gasteiger charge is 2.55. The Kier molecular flexibility index (Phi) is 7.60. The van der Waals surface area contributed by atoms with Crippen LogP contribution in [0.25, 0.3) is 0 Å². The van der Waals surface area contributed by atoms with Gasteiger partial charge >= 0.3 is 5.97 Å². The lowest BCUT2D eigenvalue weighted by Crippen LogP contribution is -2.71. The number of carbonyl (C=O) groups is 3. The van der Waals surface area contributed by atoms with E-state index in [1.165, 1.54) is 18.9 Å². The van der Waals surface area contributed by atoms with Crippen LogP contribution in [0.15, 0.2) is 35.3 Å². The normalized spacial score (nSPS) is 24.4. The number of aliphatic carboxylic acids is 1. The van der Waals surface area contributed by atoms with Crippen LogP contribution in [-0.2, 0) is 19.1 Å². The summed E-state index contributed by atoms with van der Waals surface area (Å²) in [5, 5.41) is 11.5. The number of ether oxygens (including phenoxy) is 1. The summed E-state index contributed by atoms with van der Waals surface area (Å²) in [5.74, 6) is -1.57. The van der Waals surface area contributed by atoms with Gasteiger partial charge in [0, 0.05) is 0 Å². The van der Waals surface area contributed by atoms with Crippen molar-refractivity contribution in [2.24, 2.45) is 5.73 Å². The van der Waals surface area contributed by atoms with E-state index >= 15 is 0 Å². The van der Waals surface area contributed by atoms with E-state index in [2.05, 4.69) is 5.32 Å². The predicted molar refractivity (Wildman–Crippen MR) is 98.4 cm³/mol. The molecule has 11 heteroatoms. The van der Waals surface area contributed by atoms with Gasteiger partial charge in [-0.15, -0.1) is 11.8 Å². The minimum Gasteiger partial charge on any atom is -0.498 e. The first-order chi connectivity index (χ1) is 12.0. The molecule has 3 rings (SSSR count). The molecule has 2 aliphatic heterocycles. The maximum Gasteiger partial charge on any atom is 0.356 e. The van der Waals surface area contributed by atoms with Gasteiger partial charge in [0.2, 0.25) is 5.91 Å². The number of amides is 2. The monoisotopic (exact) mass is 401 g/mol. The summed E-state index contributed by atoms with van der Waals surface area (Å²) in [7, 11) is 1.37. The lowest BCUT2D eigenvalue weighted by Gasteiger charge is -2.49. The molecule has 0 bridgehead atoms. The lowest BCUT2D eigenvalue weighted by molar-refractivity contribution is -0.151. The maximum absolute atomic E-state index is 12.4. The Morgan fingerprint density at radius 1 is 1.41 bits per heavy atom. The van der Waals surface area contributed by atoms with Crippen LogP contribution in [0, 0.1) is 0 Å². The second kappa shape index (κ2) is 9.04. The summed E-state index contributed by atoms with van der Waals surface area (Å²) >= 11 is 1.35. The summed E-state index contributed by atoms with van der Waals surface area (Å²) in [6.45, 7) is 0. The Morgan fingerprint density at radius 2 is 2.11 bits per heavy atom. The zero-order chi connectivity index (χ0) is 18.1. The Hall–Kier alpha value is -2.34. The van der Waals surface area contributed by atoms with E-state index in [0.717, 1.165) is 16.9 Å². The molecule has 150 valence electrons. The van der Waals surface area contributed by atoms with E-state index in [-0.39, 0.29) is 22.4 Å². The first kappa shape index (κ1) is 22.7. The van der Waals surface area contributed by atoms with Crippen LogP contribution in [0.2, 0.25) is 0 Å². The number of allylic oxidation sites excluding steroid dienone is 3. The second-order valence-corrected chi connectivity index (χ2v) is 6.95. The summed E-state index contributed by atoms with van der Waals surface area (Å²) < 4.78 is 5.06. The number of nitrogens with two attached hydrogens (primary N) is 1. The van der Waals surface area contributed by atoms with Gasteiger partial charge in [-0.2, -0.15) is 0 Å². The molecule has 3 aliphatic rings. The number of fused-ring (bicyclic) bond motifs is 1. The van der Waals surface area contributed by atoms with Crippen molar-refractivity contribution in [1.29, 1.82) is 0 Å². The number of nitrogens with one attached hydrogen (secondary N) is 1. The molecular weight excluding hydrogens is 378 g/mol. The first-order valence-electron chi connectivity index (χ1n) is 7.80. The Balaban J connectivity index is 0.00000182. The number of nitrogens with zero attached hydrogens (tertiary/aromatic N) is 1. The smallest absolute Gasteiger partial charge is 0.356 e. The van der Waals surface area contributed by atoms with Crippen LogP contribution in [-0.4, -0.2) is 69.1 Å². The Bertz CT molecular complexity index is 719. The molecule has 10 nitrogen and oxygen atoms in total. The number of hydrogen-bond acceptors (Lipinski definition) is 6. The van der Waals surface area contributed by atoms with Gasteiger partial charge in [-0.3, -0.25) is 14.5 Å². The highest BCUT2D eigenvalue weighted by atomic mass is 32.2. The van der Waals surface area contributed by atoms with E-state index in [0.29, 0.717) is 12.2 Å². The van der Waals surface area contributed by atoms with Crippen molar-refractivity contribution in [2.75, 3.05) is 12.9 Å². The number of β-lactam (4-membered cyclic amide) rings is 1. The summed E-state index contributed by atoms with van der Waals surface area (Å²) in [5.41, 5.74) is 6.63. The third-order valence-electron chi connectivity index (χ3n) is 4.40. The SMILES string of the molecule is COC1=C(C(=O)O)N2C(=O)[C@@H](NC(=O)[C@H](N)C3=CCC=CC3)[C@H]2SC1.O.O. The molecule has 0 aromatic rings. The van der Waals surface area contributed by atoms with E-state index in [1.54, 1.807) is 0 Å². The molecule has 8 N–H and O–H groups in total. The van der Waals surface area contributed by atoms with Gasteiger partial charge in [-0.25, -0.2) is 4.79 Å². The van der Waals surface area contributed by atoms with E-state index < -0.39 is 35.2 Å². The van der Waals surface area contributed by atoms with Crippen LogP contribution in [0.5, 0.6) is 0 Å². The van der Waals surface area contributed by atoms with Crippen molar-refractivity contribution >= 4 is 29.5 Å². The highest BCUT2D eigenvalue weighted by molar-refractivity contribution is 8.00. The zero-order valence-electron chi connectivity index (χ0n) is 14.6. The molecule has 2 heterocycles. The third-order valence-corrected chi connectivity index (χ3v) is 5.65. The van der Waals surface area contributed by atoms with Crippen LogP contribution < -0.4 is 11.1 Å². The Labute approximate surface area is 159 Å². The topological polar surface area (TPSA) is 185 Å². The molecule has 0 aromatic carbocycles. The molecular formula is C16H23N3O7S. The molecule has 0 aromatic heterocycles. The maximum atomic E-state index is 12.4. The molecule has 0 saturated carbocycles. The van der Waals surface area contributed by atoms with Crippen LogP contribution in [0.4, 0.5) is 0 Å². The third kappa shape index (κ3) is 4.00. The molecule has 0 radical (unpaired) electrons. The number of carboxylic acid groups (broad SMARTS) is 1. The van der Waals surface area contributed by atoms with Crippen molar-refractivity contribution in [3.05, 3.63) is 35.3 Å². The van der Waals surface area contributed by atoms with Crippen molar-refractivity contribution < 1.29 is 35.2 Å². The van der Waals surface area contributed by atoms with Gasteiger partial charge < -0.3 is 31.8 Å². The number of carboxylic acids is 1. The first-order valence-corrected chi connectivity index (χ1v) is 8.85. The van der Waals surface area contributed by atoms with Crippen LogP contribution >= 0.6 is 11.8 Å². The van der Waals surface area contributed by atoms with Gasteiger partial charge in [0.1, 0.15) is 23.2 Å². The second-order valence-electron chi connectivity index (χ2n) is 5.85. The minimum atomic E-state index is -1.23. The molecule has 1 saturated heterocycles.